The molecular weight excluding hydrogens is 426 g/mol. The number of hydrogen-bond acceptors (Lipinski definition) is 5. The largest absolute Gasteiger partial charge is 0.376 e. The first-order valence-corrected chi connectivity index (χ1v) is 12.5. The van der Waals surface area contributed by atoms with Crippen LogP contribution in [0.15, 0.2) is 42.5 Å². The number of carbonyl (C=O) groups excluding carboxylic acids is 1. The standard InChI is InChI=1S/C27H39N5O2/c1-4-30-10-12-32(13-11-30)26-9-8-25(16-21(26)2)29-27(33)28-18-23-6-5-7-24(17-23)20-31-14-15-34-22(3)19-31/h5-9,16-17,22H,4,10-15,18-20H2,1-3H3,(H2,28,29,33)/t22-/m1/s1. The summed E-state index contributed by atoms with van der Waals surface area (Å²) in [5.41, 5.74) is 5.63. The number of piperazine rings is 1. The van der Waals surface area contributed by atoms with E-state index in [9.17, 15) is 4.79 Å². The Kier molecular flexibility index (Phi) is 8.43. The number of rotatable bonds is 7. The van der Waals surface area contributed by atoms with E-state index in [-0.39, 0.29) is 12.1 Å². The predicted molar refractivity (Wildman–Crippen MR) is 138 cm³/mol. The number of nitrogens with one attached hydrogen (secondary N) is 2. The van der Waals surface area contributed by atoms with Crippen LogP contribution in [0.1, 0.15) is 30.5 Å². The number of aryl methyl sites for hydroxylation is 1. The van der Waals surface area contributed by atoms with Gasteiger partial charge in [-0.3, -0.25) is 4.90 Å². The topological polar surface area (TPSA) is 60.1 Å². The minimum atomic E-state index is -0.184. The highest BCUT2D eigenvalue weighted by Gasteiger charge is 2.18. The number of hydrogen-bond donors (Lipinski definition) is 2. The second-order valence-corrected chi connectivity index (χ2v) is 9.47. The first-order valence-electron chi connectivity index (χ1n) is 12.5. The average Bonchev–Trinajstić information content (AvgIpc) is 2.83. The quantitative estimate of drug-likeness (QED) is 0.653. The number of amides is 2. The molecule has 7 nitrogen and oxygen atoms in total. The van der Waals surface area contributed by atoms with Crippen molar-refractivity contribution in [1.29, 1.82) is 0 Å². The molecule has 2 heterocycles. The molecule has 0 saturated carbocycles. The maximum absolute atomic E-state index is 12.5. The van der Waals surface area contributed by atoms with Gasteiger partial charge in [0.1, 0.15) is 0 Å². The molecule has 0 aliphatic carbocycles. The molecule has 2 amide bonds. The van der Waals surface area contributed by atoms with Crippen LogP contribution in [0.25, 0.3) is 0 Å². The van der Waals surface area contributed by atoms with E-state index in [0.29, 0.717) is 6.54 Å². The van der Waals surface area contributed by atoms with Gasteiger partial charge < -0.3 is 25.2 Å². The lowest BCUT2D eigenvalue weighted by molar-refractivity contribution is -0.0212. The van der Waals surface area contributed by atoms with Crippen molar-refractivity contribution in [2.75, 3.05) is 62.6 Å². The van der Waals surface area contributed by atoms with E-state index in [1.165, 1.54) is 16.8 Å². The first kappa shape index (κ1) is 24.5. The van der Waals surface area contributed by atoms with Gasteiger partial charge >= 0.3 is 6.03 Å². The third-order valence-corrected chi connectivity index (χ3v) is 6.79. The summed E-state index contributed by atoms with van der Waals surface area (Å²) >= 11 is 0. The van der Waals surface area contributed by atoms with E-state index in [1.807, 2.05) is 6.07 Å². The second kappa shape index (κ2) is 11.7. The summed E-state index contributed by atoms with van der Waals surface area (Å²) in [6, 6.07) is 14.5. The van der Waals surface area contributed by atoms with Gasteiger partial charge in [0.15, 0.2) is 0 Å². The Hall–Kier alpha value is -2.61. The lowest BCUT2D eigenvalue weighted by Gasteiger charge is -2.36. The van der Waals surface area contributed by atoms with Crippen LogP contribution in [0.3, 0.4) is 0 Å². The number of anilines is 2. The number of urea groups is 1. The van der Waals surface area contributed by atoms with E-state index in [2.05, 4.69) is 82.5 Å². The Morgan fingerprint density at radius 2 is 1.82 bits per heavy atom. The summed E-state index contributed by atoms with van der Waals surface area (Å²) in [6.45, 7) is 16.0. The SMILES string of the molecule is CCN1CCN(c2ccc(NC(=O)NCc3cccc(CN4CCO[C@H](C)C4)c3)cc2C)CC1. The fourth-order valence-electron chi connectivity index (χ4n) is 4.88. The van der Waals surface area contributed by atoms with Gasteiger partial charge in [-0.05, 0) is 55.3 Å². The molecule has 2 aliphatic rings. The maximum atomic E-state index is 12.5. The molecule has 2 N–H and O–H groups in total. The van der Waals surface area contributed by atoms with Gasteiger partial charge in [0, 0.05) is 63.7 Å². The third-order valence-electron chi connectivity index (χ3n) is 6.79. The van der Waals surface area contributed by atoms with Gasteiger partial charge in [-0.2, -0.15) is 0 Å². The van der Waals surface area contributed by atoms with Crippen LogP contribution in [0.5, 0.6) is 0 Å². The van der Waals surface area contributed by atoms with Gasteiger partial charge in [0.05, 0.1) is 12.7 Å². The van der Waals surface area contributed by atoms with Crippen molar-refractivity contribution in [1.82, 2.24) is 15.1 Å². The summed E-state index contributed by atoms with van der Waals surface area (Å²) < 4.78 is 5.64. The van der Waals surface area contributed by atoms with Crippen LogP contribution < -0.4 is 15.5 Å². The van der Waals surface area contributed by atoms with Crippen LogP contribution in [0, 0.1) is 6.92 Å². The number of likely N-dealkylation sites (N-methyl/N-ethyl adjacent to an activating group) is 1. The molecule has 0 radical (unpaired) electrons. The van der Waals surface area contributed by atoms with Gasteiger partial charge in [0.2, 0.25) is 0 Å². The molecular formula is C27H39N5O2. The average molecular weight is 466 g/mol. The first-order chi connectivity index (χ1) is 16.5. The van der Waals surface area contributed by atoms with E-state index in [1.54, 1.807) is 0 Å². The number of nitrogens with zero attached hydrogens (tertiary/aromatic N) is 3. The highest BCUT2D eigenvalue weighted by atomic mass is 16.5. The zero-order valence-corrected chi connectivity index (χ0v) is 20.8. The van der Waals surface area contributed by atoms with Crippen molar-refractivity contribution in [3.8, 4) is 0 Å². The Labute approximate surface area is 204 Å². The molecule has 2 aromatic carbocycles. The Morgan fingerprint density at radius 3 is 2.56 bits per heavy atom. The summed E-state index contributed by atoms with van der Waals surface area (Å²) in [5.74, 6) is 0. The van der Waals surface area contributed by atoms with Crippen molar-refractivity contribution in [2.45, 2.75) is 40.0 Å². The lowest BCUT2D eigenvalue weighted by atomic mass is 10.1. The molecule has 34 heavy (non-hydrogen) atoms. The normalized spacial score (nSPS) is 19.7. The molecule has 4 rings (SSSR count). The zero-order valence-electron chi connectivity index (χ0n) is 20.8. The Morgan fingerprint density at radius 1 is 1.03 bits per heavy atom. The number of carbonyl (C=O) groups is 1. The Bertz CT molecular complexity index is 958. The molecule has 0 unspecified atom stereocenters. The number of benzene rings is 2. The van der Waals surface area contributed by atoms with Crippen LogP contribution in [-0.2, 0) is 17.8 Å². The van der Waals surface area contributed by atoms with Gasteiger partial charge in [-0.25, -0.2) is 4.79 Å². The van der Waals surface area contributed by atoms with Crippen molar-refractivity contribution < 1.29 is 9.53 Å². The monoisotopic (exact) mass is 465 g/mol. The zero-order chi connectivity index (χ0) is 23.9. The third kappa shape index (κ3) is 6.72. The molecule has 7 heteroatoms. The van der Waals surface area contributed by atoms with E-state index in [4.69, 9.17) is 4.74 Å². The number of ether oxygens (including phenoxy) is 1. The molecule has 2 aromatic rings. The predicted octanol–water partition coefficient (Wildman–Crippen LogP) is 3.68. The lowest BCUT2D eigenvalue weighted by Crippen LogP contribution is -2.46. The Balaban J connectivity index is 1.26. The van der Waals surface area contributed by atoms with Crippen molar-refractivity contribution in [3.63, 3.8) is 0 Å². The molecule has 184 valence electrons. The highest BCUT2D eigenvalue weighted by Crippen LogP contribution is 2.25. The van der Waals surface area contributed by atoms with E-state index < -0.39 is 0 Å². The summed E-state index contributed by atoms with van der Waals surface area (Å²) in [7, 11) is 0. The smallest absolute Gasteiger partial charge is 0.319 e. The van der Waals surface area contributed by atoms with E-state index >= 15 is 0 Å². The van der Waals surface area contributed by atoms with Gasteiger partial charge in [-0.15, -0.1) is 0 Å². The maximum Gasteiger partial charge on any atom is 0.319 e. The molecule has 2 saturated heterocycles. The molecule has 0 bridgehead atoms. The van der Waals surface area contributed by atoms with Crippen molar-refractivity contribution in [3.05, 3.63) is 59.2 Å². The molecule has 0 spiro atoms. The molecule has 2 fully saturated rings. The summed E-state index contributed by atoms with van der Waals surface area (Å²) in [4.78, 5) is 19.9. The highest BCUT2D eigenvalue weighted by molar-refractivity contribution is 5.89. The van der Waals surface area contributed by atoms with Crippen LogP contribution in [-0.4, -0.2) is 74.4 Å². The minimum Gasteiger partial charge on any atom is -0.376 e. The fourth-order valence-corrected chi connectivity index (χ4v) is 4.88. The van der Waals surface area contributed by atoms with Gasteiger partial charge in [-0.1, -0.05) is 31.2 Å². The van der Waals surface area contributed by atoms with Gasteiger partial charge in [0.25, 0.3) is 0 Å². The number of morpholine rings is 1. The molecule has 1 atom stereocenters. The van der Waals surface area contributed by atoms with E-state index in [0.717, 1.165) is 70.2 Å². The van der Waals surface area contributed by atoms with Crippen LogP contribution in [0.2, 0.25) is 0 Å². The fraction of sp³-hybridized carbons (Fsp3) is 0.519. The van der Waals surface area contributed by atoms with Crippen molar-refractivity contribution >= 4 is 17.4 Å². The summed E-state index contributed by atoms with van der Waals surface area (Å²) in [5, 5.41) is 5.98. The van der Waals surface area contributed by atoms with Crippen LogP contribution in [0.4, 0.5) is 16.2 Å². The molecule has 2 aliphatic heterocycles. The second-order valence-electron chi connectivity index (χ2n) is 9.47. The van der Waals surface area contributed by atoms with Crippen molar-refractivity contribution in [2.24, 2.45) is 0 Å². The minimum absolute atomic E-state index is 0.184. The van der Waals surface area contributed by atoms with Crippen LogP contribution >= 0.6 is 0 Å². The molecule has 0 aromatic heterocycles. The summed E-state index contributed by atoms with van der Waals surface area (Å²) in [6.07, 6.45) is 0.284.